The predicted octanol–water partition coefficient (Wildman–Crippen LogP) is 4.40. The van der Waals surface area contributed by atoms with E-state index in [1.54, 1.807) is 6.21 Å². The number of amides is 1. The molecule has 1 N–H and O–H groups in total. The molecule has 0 bridgehead atoms. The van der Waals surface area contributed by atoms with Crippen LogP contribution in [0, 0.1) is 0 Å². The number of carbonyl (C=O) groups is 1. The standard InChI is InChI=1S/C18H28N2O/c1-5-6-7-8-9-17(21)20-19-14-15-10-12-16(13-11-15)18(2,3)4/h10-14H,5-9H2,1-4H3,(H,20,21)/b19-14+. The van der Waals surface area contributed by atoms with Gasteiger partial charge in [0.15, 0.2) is 0 Å². The summed E-state index contributed by atoms with van der Waals surface area (Å²) in [5.74, 6) is -0.00587. The first-order chi connectivity index (χ1) is 9.93. The molecule has 0 fully saturated rings. The quantitative estimate of drug-likeness (QED) is 0.451. The minimum absolute atomic E-state index is 0.00587. The van der Waals surface area contributed by atoms with Crippen molar-refractivity contribution in [3.63, 3.8) is 0 Å². The Morgan fingerprint density at radius 1 is 1.14 bits per heavy atom. The van der Waals surface area contributed by atoms with E-state index in [0.717, 1.165) is 18.4 Å². The smallest absolute Gasteiger partial charge is 0.240 e. The summed E-state index contributed by atoms with van der Waals surface area (Å²) in [6.45, 7) is 8.73. The van der Waals surface area contributed by atoms with Crippen LogP contribution in [-0.2, 0) is 10.2 Å². The topological polar surface area (TPSA) is 41.5 Å². The van der Waals surface area contributed by atoms with Crippen molar-refractivity contribution >= 4 is 12.1 Å². The normalized spacial score (nSPS) is 11.8. The Labute approximate surface area is 128 Å². The molecule has 0 aliphatic heterocycles. The predicted molar refractivity (Wildman–Crippen MR) is 89.6 cm³/mol. The number of hydrogen-bond acceptors (Lipinski definition) is 2. The highest BCUT2D eigenvalue weighted by Gasteiger charge is 2.12. The van der Waals surface area contributed by atoms with Gasteiger partial charge in [0.25, 0.3) is 0 Å². The summed E-state index contributed by atoms with van der Waals surface area (Å²) < 4.78 is 0. The molecular weight excluding hydrogens is 260 g/mol. The van der Waals surface area contributed by atoms with E-state index in [4.69, 9.17) is 0 Å². The summed E-state index contributed by atoms with van der Waals surface area (Å²) in [5, 5.41) is 4.01. The van der Waals surface area contributed by atoms with E-state index < -0.39 is 0 Å². The van der Waals surface area contributed by atoms with Crippen LogP contribution in [0.3, 0.4) is 0 Å². The number of nitrogens with one attached hydrogen (secondary N) is 1. The Bertz CT molecular complexity index is 455. The van der Waals surface area contributed by atoms with Gasteiger partial charge in [-0.1, -0.05) is 71.2 Å². The first-order valence-corrected chi connectivity index (χ1v) is 7.86. The number of unbranched alkanes of at least 4 members (excludes halogenated alkanes) is 3. The zero-order valence-corrected chi connectivity index (χ0v) is 13.8. The van der Waals surface area contributed by atoms with Gasteiger partial charge in [0.05, 0.1) is 6.21 Å². The maximum Gasteiger partial charge on any atom is 0.240 e. The summed E-state index contributed by atoms with van der Waals surface area (Å²) in [7, 11) is 0. The molecule has 0 heterocycles. The Balaban J connectivity index is 2.38. The number of rotatable bonds is 7. The van der Waals surface area contributed by atoms with Gasteiger partial charge in [-0.2, -0.15) is 5.10 Å². The molecule has 0 aliphatic rings. The number of benzene rings is 1. The van der Waals surface area contributed by atoms with Gasteiger partial charge in [-0.25, -0.2) is 5.43 Å². The average molecular weight is 288 g/mol. The van der Waals surface area contributed by atoms with Gasteiger partial charge in [0.1, 0.15) is 0 Å². The number of hydrogen-bond donors (Lipinski definition) is 1. The molecule has 1 aromatic carbocycles. The van der Waals surface area contributed by atoms with Gasteiger partial charge in [0.2, 0.25) is 5.91 Å². The van der Waals surface area contributed by atoms with Crippen LogP contribution in [0.4, 0.5) is 0 Å². The van der Waals surface area contributed by atoms with Crippen molar-refractivity contribution < 1.29 is 4.79 Å². The first kappa shape index (κ1) is 17.4. The van der Waals surface area contributed by atoms with Gasteiger partial charge in [0, 0.05) is 6.42 Å². The Morgan fingerprint density at radius 2 is 1.81 bits per heavy atom. The lowest BCUT2D eigenvalue weighted by Gasteiger charge is -2.18. The largest absolute Gasteiger partial charge is 0.273 e. The highest BCUT2D eigenvalue weighted by atomic mass is 16.2. The maximum atomic E-state index is 11.6. The monoisotopic (exact) mass is 288 g/mol. The molecule has 3 nitrogen and oxygen atoms in total. The van der Waals surface area contributed by atoms with Crippen LogP contribution in [0.1, 0.15) is 70.9 Å². The molecule has 0 unspecified atom stereocenters. The van der Waals surface area contributed by atoms with Gasteiger partial charge in [-0.3, -0.25) is 4.79 Å². The van der Waals surface area contributed by atoms with Crippen LogP contribution in [0.15, 0.2) is 29.4 Å². The van der Waals surface area contributed by atoms with Crippen molar-refractivity contribution in [3.05, 3.63) is 35.4 Å². The second-order valence-electron chi connectivity index (χ2n) is 6.48. The average Bonchev–Trinajstić information content (AvgIpc) is 2.43. The van der Waals surface area contributed by atoms with Crippen LogP contribution in [-0.4, -0.2) is 12.1 Å². The number of carbonyl (C=O) groups excluding carboxylic acids is 1. The zero-order chi connectivity index (χ0) is 15.7. The van der Waals surface area contributed by atoms with E-state index >= 15 is 0 Å². The SMILES string of the molecule is CCCCCCC(=O)N/N=C/c1ccc(C(C)(C)C)cc1. The molecule has 0 saturated heterocycles. The van der Waals surface area contributed by atoms with Gasteiger partial charge in [-0.05, 0) is 23.0 Å². The summed E-state index contributed by atoms with van der Waals surface area (Å²) in [6.07, 6.45) is 6.68. The van der Waals surface area contributed by atoms with Crippen molar-refractivity contribution in [2.24, 2.45) is 5.10 Å². The zero-order valence-electron chi connectivity index (χ0n) is 13.8. The van der Waals surface area contributed by atoms with Crippen molar-refractivity contribution in [2.45, 2.75) is 65.2 Å². The number of hydrazone groups is 1. The van der Waals surface area contributed by atoms with Gasteiger partial charge < -0.3 is 0 Å². The minimum Gasteiger partial charge on any atom is -0.273 e. The molecule has 1 amide bonds. The molecule has 116 valence electrons. The second-order valence-corrected chi connectivity index (χ2v) is 6.48. The third-order valence-corrected chi connectivity index (χ3v) is 3.44. The molecule has 0 radical (unpaired) electrons. The van der Waals surface area contributed by atoms with E-state index in [1.807, 2.05) is 12.1 Å². The second kappa shape index (κ2) is 8.60. The maximum absolute atomic E-state index is 11.6. The Hall–Kier alpha value is -1.64. The highest BCUT2D eigenvalue weighted by Crippen LogP contribution is 2.21. The van der Waals surface area contributed by atoms with Crippen molar-refractivity contribution in [1.82, 2.24) is 5.43 Å². The van der Waals surface area contributed by atoms with E-state index in [9.17, 15) is 4.79 Å². The van der Waals surface area contributed by atoms with E-state index in [1.165, 1.54) is 18.4 Å². The molecule has 1 rings (SSSR count). The first-order valence-electron chi connectivity index (χ1n) is 7.86. The summed E-state index contributed by atoms with van der Waals surface area (Å²) in [4.78, 5) is 11.6. The van der Waals surface area contributed by atoms with Crippen LogP contribution < -0.4 is 5.43 Å². The van der Waals surface area contributed by atoms with Gasteiger partial charge in [-0.15, -0.1) is 0 Å². The molecule has 3 heteroatoms. The summed E-state index contributed by atoms with van der Waals surface area (Å²) in [5.41, 5.74) is 5.02. The van der Waals surface area contributed by atoms with E-state index in [0.29, 0.717) is 6.42 Å². The lowest BCUT2D eigenvalue weighted by Crippen LogP contribution is -2.16. The fraction of sp³-hybridized carbons (Fsp3) is 0.556. The molecule has 21 heavy (non-hydrogen) atoms. The number of nitrogens with zero attached hydrogens (tertiary/aromatic N) is 1. The van der Waals surface area contributed by atoms with Crippen molar-refractivity contribution in [3.8, 4) is 0 Å². The van der Waals surface area contributed by atoms with Crippen LogP contribution in [0.5, 0.6) is 0 Å². The van der Waals surface area contributed by atoms with Crippen LogP contribution in [0.2, 0.25) is 0 Å². The molecule has 0 aliphatic carbocycles. The van der Waals surface area contributed by atoms with Gasteiger partial charge >= 0.3 is 0 Å². The molecule has 0 saturated carbocycles. The minimum atomic E-state index is -0.00587. The van der Waals surface area contributed by atoms with E-state index in [-0.39, 0.29) is 11.3 Å². The summed E-state index contributed by atoms with van der Waals surface area (Å²) >= 11 is 0. The van der Waals surface area contributed by atoms with Crippen LogP contribution in [0.25, 0.3) is 0 Å². The van der Waals surface area contributed by atoms with Crippen molar-refractivity contribution in [1.29, 1.82) is 0 Å². The van der Waals surface area contributed by atoms with Crippen molar-refractivity contribution in [2.75, 3.05) is 0 Å². The Morgan fingerprint density at radius 3 is 2.38 bits per heavy atom. The molecule has 0 atom stereocenters. The molecule has 1 aromatic rings. The Kier molecular flexibility index (Phi) is 7.13. The molecule has 0 spiro atoms. The molecular formula is C18H28N2O. The van der Waals surface area contributed by atoms with Crippen LogP contribution >= 0.6 is 0 Å². The highest BCUT2D eigenvalue weighted by molar-refractivity contribution is 5.82. The summed E-state index contributed by atoms with van der Waals surface area (Å²) in [6, 6.07) is 8.26. The third-order valence-electron chi connectivity index (χ3n) is 3.44. The lowest BCUT2D eigenvalue weighted by atomic mass is 9.87. The fourth-order valence-corrected chi connectivity index (χ4v) is 2.02. The third kappa shape index (κ3) is 7.07. The van der Waals surface area contributed by atoms with E-state index in [2.05, 4.69) is 50.4 Å². The lowest BCUT2D eigenvalue weighted by molar-refractivity contribution is -0.121. The fourth-order valence-electron chi connectivity index (χ4n) is 2.02. The molecule has 0 aromatic heterocycles.